The fourth-order valence-electron chi connectivity index (χ4n) is 5.07. The minimum atomic E-state index is -0.296. The molecule has 1 N–H and O–H groups in total. The van der Waals surface area contributed by atoms with Gasteiger partial charge in [-0.25, -0.2) is 0 Å². The lowest BCUT2D eigenvalue weighted by Crippen LogP contribution is -2.54. The summed E-state index contributed by atoms with van der Waals surface area (Å²) in [5.74, 6) is 0.568. The molecule has 9 nitrogen and oxygen atoms in total. The number of carbonyl (C=O) groups is 3. The first kappa shape index (κ1) is 23.1. The fraction of sp³-hybridized carbons (Fsp3) is 0.640. The van der Waals surface area contributed by atoms with Crippen molar-refractivity contribution >= 4 is 23.4 Å². The molecule has 0 radical (unpaired) electrons. The fourth-order valence-corrected chi connectivity index (χ4v) is 5.07. The predicted octanol–water partition coefficient (Wildman–Crippen LogP) is 1.58. The van der Waals surface area contributed by atoms with Crippen LogP contribution in [0, 0.1) is 5.92 Å². The van der Waals surface area contributed by atoms with E-state index in [1.807, 2.05) is 4.90 Å². The molecule has 3 atom stereocenters. The zero-order valence-corrected chi connectivity index (χ0v) is 20.0. The van der Waals surface area contributed by atoms with Crippen LogP contribution in [-0.4, -0.2) is 97.6 Å². The van der Waals surface area contributed by atoms with Crippen LogP contribution in [0.2, 0.25) is 0 Å². The third-order valence-corrected chi connectivity index (χ3v) is 7.49. The van der Waals surface area contributed by atoms with Crippen LogP contribution in [0.15, 0.2) is 18.2 Å². The zero-order valence-electron chi connectivity index (χ0n) is 20.0. The Morgan fingerprint density at radius 3 is 2.56 bits per heavy atom. The zero-order chi connectivity index (χ0) is 23.8. The van der Waals surface area contributed by atoms with E-state index in [-0.39, 0.29) is 41.9 Å². The summed E-state index contributed by atoms with van der Waals surface area (Å²) in [4.78, 5) is 44.2. The summed E-state index contributed by atoms with van der Waals surface area (Å²) in [5, 5.41) is 2.91. The van der Waals surface area contributed by atoms with Crippen molar-refractivity contribution in [2.75, 3.05) is 52.2 Å². The maximum Gasteiger partial charge on any atom is 0.257 e. The number of ether oxygens (including phenoxy) is 2. The van der Waals surface area contributed by atoms with E-state index in [1.54, 1.807) is 30.1 Å². The number of hydrogen-bond acceptors (Lipinski definition) is 6. The van der Waals surface area contributed by atoms with Crippen LogP contribution < -0.4 is 10.1 Å². The molecular formula is C25H34N4O5. The van der Waals surface area contributed by atoms with Crippen molar-refractivity contribution in [1.82, 2.24) is 14.7 Å². The smallest absolute Gasteiger partial charge is 0.257 e. The van der Waals surface area contributed by atoms with Crippen molar-refractivity contribution in [1.29, 1.82) is 0 Å². The third kappa shape index (κ3) is 4.90. The molecule has 34 heavy (non-hydrogen) atoms. The van der Waals surface area contributed by atoms with E-state index in [0.717, 1.165) is 51.9 Å². The second-order valence-electron chi connectivity index (χ2n) is 10.0. The van der Waals surface area contributed by atoms with Crippen LogP contribution in [0.1, 0.15) is 42.5 Å². The van der Waals surface area contributed by atoms with Crippen molar-refractivity contribution in [3.8, 4) is 5.75 Å². The Bertz CT molecular complexity index is 957. The number of piperazine rings is 1. The van der Waals surface area contributed by atoms with Gasteiger partial charge in [0.2, 0.25) is 11.8 Å². The van der Waals surface area contributed by atoms with Gasteiger partial charge in [-0.1, -0.05) is 0 Å². The van der Waals surface area contributed by atoms with Crippen LogP contribution >= 0.6 is 0 Å². The van der Waals surface area contributed by atoms with E-state index in [9.17, 15) is 14.4 Å². The number of nitrogens with one attached hydrogen (secondary N) is 1. The Balaban J connectivity index is 1.24. The Morgan fingerprint density at radius 1 is 1.06 bits per heavy atom. The summed E-state index contributed by atoms with van der Waals surface area (Å²) in [7, 11) is 3.87. The number of fused-ring (bicyclic) bond motifs is 2. The highest BCUT2D eigenvalue weighted by Crippen LogP contribution is 2.34. The van der Waals surface area contributed by atoms with E-state index in [1.165, 1.54) is 0 Å². The number of likely N-dealkylation sites (N-methyl/N-ethyl adjacent to an activating group) is 2. The Labute approximate surface area is 200 Å². The van der Waals surface area contributed by atoms with Crippen LogP contribution in [0.4, 0.5) is 5.69 Å². The average molecular weight is 471 g/mol. The number of nitrogens with zero attached hydrogens (tertiary/aromatic N) is 3. The topological polar surface area (TPSA) is 91.4 Å². The molecule has 3 fully saturated rings. The lowest BCUT2D eigenvalue weighted by Gasteiger charge is -2.42. The van der Waals surface area contributed by atoms with Gasteiger partial charge in [0.05, 0.1) is 24.1 Å². The third-order valence-electron chi connectivity index (χ3n) is 7.49. The molecule has 0 aromatic heterocycles. The van der Waals surface area contributed by atoms with Gasteiger partial charge in [-0.2, -0.15) is 0 Å². The molecule has 1 aromatic rings. The first-order chi connectivity index (χ1) is 16.4. The molecule has 3 aliphatic heterocycles. The molecule has 1 aliphatic carbocycles. The number of benzene rings is 1. The summed E-state index contributed by atoms with van der Waals surface area (Å²) in [6.45, 7) is 3.62. The highest BCUT2D eigenvalue weighted by Gasteiger charge is 2.40. The molecule has 0 spiro atoms. The largest absolute Gasteiger partial charge is 0.490 e. The van der Waals surface area contributed by atoms with Crippen molar-refractivity contribution < 1.29 is 23.9 Å². The molecule has 0 unspecified atom stereocenters. The van der Waals surface area contributed by atoms with Gasteiger partial charge in [0.1, 0.15) is 18.5 Å². The first-order valence-electron chi connectivity index (χ1n) is 12.4. The van der Waals surface area contributed by atoms with E-state index >= 15 is 0 Å². The van der Waals surface area contributed by atoms with E-state index in [0.29, 0.717) is 30.0 Å². The minimum Gasteiger partial charge on any atom is -0.490 e. The lowest BCUT2D eigenvalue weighted by atomic mass is 9.94. The van der Waals surface area contributed by atoms with Crippen LogP contribution in [0.25, 0.3) is 0 Å². The number of anilines is 1. The molecular weight excluding hydrogens is 436 g/mol. The molecule has 1 aromatic carbocycles. The Morgan fingerprint density at radius 2 is 1.82 bits per heavy atom. The average Bonchev–Trinajstić information content (AvgIpc) is 3.68. The van der Waals surface area contributed by atoms with Crippen molar-refractivity contribution in [2.45, 2.75) is 50.4 Å². The number of amides is 3. The van der Waals surface area contributed by atoms with Gasteiger partial charge in [-0.05, 0) is 50.9 Å². The highest BCUT2D eigenvalue weighted by atomic mass is 16.5. The number of rotatable bonds is 4. The molecule has 2 saturated heterocycles. The first-order valence-corrected chi connectivity index (χ1v) is 12.4. The van der Waals surface area contributed by atoms with Gasteiger partial charge < -0.3 is 29.5 Å². The number of hydrogen-bond donors (Lipinski definition) is 1. The quantitative estimate of drug-likeness (QED) is 0.719. The van der Waals surface area contributed by atoms with Gasteiger partial charge in [-0.3, -0.25) is 14.4 Å². The maximum absolute atomic E-state index is 13.3. The van der Waals surface area contributed by atoms with Gasteiger partial charge >= 0.3 is 0 Å². The van der Waals surface area contributed by atoms with Gasteiger partial charge in [0, 0.05) is 44.8 Å². The highest BCUT2D eigenvalue weighted by molar-refractivity contribution is 6.00. The second kappa shape index (κ2) is 9.54. The molecule has 3 heterocycles. The van der Waals surface area contributed by atoms with Crippen LogP contribution in [0.5, 0.6) is 5.75 Å². The molecule has 1 saturated carbocycles. The van der Waals surface area contributed by atoms with Crippen LogP contribution in [0.3, 0.4) is 0 Å². The summed E-state index contributed by atoms with van der Waals surface area (Å²) >= 11 is 0. The normalized spacial score (nSPS) is 27.7. The Kier molecular flexibility index (Phi) is 6.48. The molecule has 9 heteroatoms. The van der Waals surface area contributed by atoms with Gasteiger partial charge in [0.25, 0.3) is 5.91 Å². The molecule has 3 amide bonds. The van der Waals surface area contributed by atoms with Crippen molar-refractivity contribution in [3.63, 3.8) is 0 Å². The molecule has 184 valence electrons. The standard InChI is InChI=1S/C25H34N4O5/c1-27-9-11-29(12-10-27)23(30)14-18-6-7-20-22(34-18)15-33-21-8-5-17(26-24(31)16-3-4-16)13-19(21)25(32)28(20)2/h5,8,13,16,18,20,22H,3-4,6-7,9-12,14-15H2,1-2H3,(H,26,31)/t18-,20+,22-/m1/s1. The lowest BCUT2D eigenvalue weighted by molar-refractivity contribution is -0.144. The second-order valence-corrected chi connectivity index (χ2v) is 10.0. The molecule has 4 aliphatic rings. The van der Waals surface area contributed by atoms with Gasteiger partial charge in [0.15, 0.2) is 0 Å². The minimum absolute atomic E-state index is 0.00502. The summed E-state index contributed by atoms with van der Waals surface area (Å²) in [5.41, 5.74) is 1.06. The summed E-state index contributed by atoms with van der Waals surface area (Å²) < 4.78 is 12.3. The van der Waals surface area contributed by atoms with Crippen LogP contribution in [-0.2, 0) is 14.3 Å². The molecule has 0 bridgehead atoms. The maximum atomic E-state index is 13.3. The monoisotopic (exact) mass is 470 g/mol. The van der Waals surface area contributed by atoms with E-state index in [2.05, 4.69) is 17.3 Å². The molecule has 5 rings (SSSR count). The summed E-state index contributed by atoms with van der Waals surface area (Å²) in [6, 6.07) is 5.09. The van der Waals surface area contributed by atoms with Crippen molar-refractivity contribution in [2.24, 2.45) is 5.92 Å². The predicted molar refractivity (Wildman–Crippen MR) is 126 cm³/mol. The summed E-state index contributed by atoms with van der Waals surface area (Å²) in [6.07, 6.45) is 3.23. The van der Waals surface area contributed by atoms with E-state index in [4.69, 9.17) is 9.47 Å². The van der Waals surface area contributed by atoms with Gasteiger partial charge in [-0.15, -0.1) is 0 Å². The number of carbonyl (C=O) groups excluding carboxylic acids is 3. The van der Waals surface area contributed by atoms with E-state index < -0.39 is 0 Å². The SMILES string of the molecule is CN1CCN(C(=O)C[C@H]2CC[C@H]3[C@@H](COc4ccc(NC(=O)C5CC5)cc4C(=O)N3C)O2)CC1. The van der Waals surface area contributed by atoms with Crippen molar-refractivity contribution in [3.05, 3.63) is 23.8 Å². The Hall–Kier alpha value is -2.65.